The predicted molar refractivity (Wildman–Crippen MR) is 158 cm³/mol. The van der Waals surface area contributed by atoms with Gasteiger partial charge in [0.15, 0.2) is 11.0 Å². The van der Waals surface area contributed by atoms with Crippen LogP contribution in [0.4, 0.5) is 16.5 Å². The van der Waals surface area contributed by atoms with Crippen molar-refractivity contribution in [3.63, 3.8) is 0 Å². The van der Waals surface area contributed by atoms with E-state index in [4.69, 9.17) is 15.2 Å². The van der Waals surface area contributed by atoms with E-state index in [1.54, 1.807) is 42.2 Å². The molecule has 0 saturated heterocycles. The summed E-state index contributed by atoms with van der Waals surface area (Å²) in [5.74, 6) is 1.69. The molecule has 0 aliphatic carbocycles. The molecule has 1 aliphatic rings. The Balaban J connectivity index is 1.15. The molecule has 39 heavy (non-hydrogen) atoms. The number of thiazole rings is 1. The van der Waals surface area contributed by atoms with Crippen LogP contribution in [-0.2, 0) is 20.7 Å². The first-order valence-electron chi connectivity index (χ1n) is 12.6. The second-order valence-electron chi connectivity index (χ2n) is 10.1. The Bertz CT molecular complexity index is 1320. The molecule has 206 valence electrons. The Morgan fingerprint density at radius 3 is 2.62 bits per heavy atom. The number of thioether (sulfide) groups is 1. The zero-order valence-corrected chi connectivity index (χ0v) is 23.9. The van der Waals surface area contributed by atoms with Crippen LogP contribution in [0, 0.1) is 5.41 Å². The smallest absolute Gasteiger partial charge is 0.230 e. The van der Waals surface area contributed by atoms with Crippen molar-refractivity contribution >= 4 is 57.3 Å². The van der Waals surface area contributed by atoms with Gasteiger partial charge in [-0.15, -0.1) is 11.8 Å². The number of amides is 2. The molecule has 0 spiro atoms. The number of nitrogen functional groups attached to an aromatic ring is 1. The van der Waals surface area contributed by atoms with Gasteiger partial charge in [0.1, 0.15) is 11.9 Å². The molecule has 9 nitrogen and oxygen atoms in total. The molecule has 1 unspecified atom stereocenters. The lowest BCUT2D eigenvalue weighted by Crippen LogP contribution is -2.29. The zero-order chi connectivity index (χ0) is 27.8. The number of rotatable bonds is 11. The third kappa shape index (κ3) is 8.72. The maximum atomic E-state index is 12.5. The van der Waals surface area contributed by atoms with Gasteiger partial charge in [-0.1, -0.05) is 56.4 Å². The van der Waals surface area contributed by atoms with Crippen LogP contribution in [0.1, 0.15) is 32.8 Å². The molecule has 0 bridgehead atoms. The number of aliphatic imine (C=N–C) groups is 1. The van der Waals surface area contributed by atoms with E-state index in [0.717, 1.165) is 15.7 Å². The second-order valence-corrected chi connectivity index (χ2v) is 12.4. The number of aromatic nitrogens is 1. The van der Waals surface area contributed by atoms with Crippen molar-refractivity contribution in [1.29, 1.82) is 0 Å². The minimum absolute atomic E-state index is 0.0574. The summed E-state index contributed by atoms with van der Waals surface area (Å²) < 4.78 is 12.6. The summed E-state index contributed by atoms with van der Waals surface area (Å²) in [6.07, 6.45) is 2.26. The highest BCUT2D eigenvalue weighted by Crippen LogP contribution is 2.31. The van der Waals surface area contributed by atoms with E-state index in [1.807, 2.05) is 24.3 Å². The monoisotopic (exact) mass is 567 g/mol. The Hall–Kier alpha value is -3.57. The van der Waals surface area contributed by atoms with E-state index in [-0.39, 0.29) is 42.8 Å². The Kier molecular flexibility index (Phi) is 9.47. The molecule has 1 aromatic heterocycles. The third-order valence-electron chi connectivity index (χ3n) is 5.87. The summed E-state index contributed by atoms with van der Waals surface area (Å²) in [5.41, 5.74) is 7.84. The Labute approximate surface area is 236 Å². The average Bonchev–Trinajstić information content (AvgIpc) is 3.55. The van der Waals surface area contributed by atoms with Gasteiger partial charge >= 0.3 is 0 Å². The normalized spacial score (nSPS) is 14.8. The van der Waals surface area contributed by atoms with Crippen LogP contribution >= 0.6 is 23.1 Å². The molecule has 2 amide bonds. The summed E-state index contributed by atoms with van der Waals surface area (Å²) in [5, 5.41) is 6.19. The maximum Gasteiger partial charge on any atom is 0.230 e. The lowest BCUT2D eigenvalue weighted by molar-refractivity contribution is -0.117. The number of anilines is 3. The van der Waals surface area contributed by atoms with Gasteiger partial charge < -0.3 is 25.8 Å². The Morgan fingerprint density at radius 2 is 1.90 bits per heavy atom. The number of ether oxygens (including phenoxy) is 2. The summed E-state index contributed by atoms with van der Waals surface area (Å²) >= 11 is 3.02. The number of nitrogens with two attached hydrogens (primary N) is 1. The van der Waals surface area contributed by atoms with Crippen molar-refractivity contribution in [1.82, 2.24) is 4.98 Å². The van der Waals surface area contributed by atoms with Gasteiger partial charge in [0.2, 0.25) is 11.8 Å². The highest BCUT2D eigenvalue weighted by Gasteiger charge is 2.31. The highest BCUT2D eigenvalue weighted by molar-refractivity contribution is 8.01. The summed E-state index contributed by atoms with van der Waals surface area (Å²) in [4.78, 5) is 33.5. The standard InChI is InChI=1S/C28H33N5O4S2/c1-28(2,3)22-15-30-25(37-22)17-38-26-16-31-27(39-26)33-24(35)14-18-8-10-19(11-9-18)36-13-12-23(34)32-21-7-5-4-6-20(21)29/h4-11,16,22H,12-15,17,29H2,1-3H3,(H,32,34)(H,31,33,35). The number of para-hydroxylation sites is 2. The Morgan fingerprint density at radius 1 is 1.13 bits per heavy atom. The van der Waals surface area contributed by atoms with Crippen LogP contribution < -0.4 is 21.1 Å². The number of nitrogens with zero attached hydrogens (tertiary/aromatic N) is 2. The van der Waals surface area contributed by atoms with E-state index >= 15 is 0 Å². The van der Waals surface area contributed by atoms with Crippen LogP contribution in [0.2, 0.25) is 0 Å². The van der Waals surface area contributed by atoms with Crippen LogP contribution in [0.15, 0.2) is 63.9 Å². The molecular weight excluding hydrogens is 534 g/mol. The first kappa shape index (κ1) is 28.4. The van der Waals surface area contributed by atoms with Crippen molar-refractivity contribution in [3.8, 4) is 5.75 Å². The average molecular weight is 568 g/mol. The number of carbonyl (C=O) groups excluding carboxylic acids is 2. The lowest BCUT2D eigenvalue weighted by Gasteiger charge is -2.25. The molecule has 1 aliphatic heterocycles. The zero-order valence-electron chi connectivity index (χ0n) is 22.2. The van der Waals surface area contributed by atoms with Gasteiger partial charge in [-0.05, 0) is 29.8 Å². The first-order chi connectivity index (χ1) is 18.7. The minimum Gasteiger partial charge on any atom is -0.493 e. The van der Waals surface area contributed by atoms with Gasteiger partial charge in [0.05, 0.1) is 53.5 Å². The molecule has 0 saturated carbocycles. The number of hydrogen-bond donors (Lipinski definition) is 3. The number of hydrogen-bond acceptors (Lipinski definition) is 9. The molecule has 0 fully saturated rings. The van der Waals surface area contributed by atoms with E-state index < -0.39 is 0 Å². The predicted octanol–water partition coefficient (Wildman–Crippen LogP) is 5.25. The van der Waals surface area contributed by atoms with Crippen LogP contribution in [0.5, 0.6) is 5.75 Å². The fourth-order valence-corrected chi connectivity index (χ4v) is 5.38. The molecule has 3 aromatic rings. The molecule has 4 rings (SSSR count). The lowest BCUT2D eigenvalue weighted by atomic mass is 9.89. The van der Waals surface area contributed by atoms with Crippen LogP contribution in [0.3, 0.4) is 0 Å². The first-order valence-corrected chi connectivity index (χ1v) is 14.4. The summed E-state index contributed by atoms with van der Waals surface area (Å²) in [6.45, 7) is 7.36. The molecule has 11 heteroatoms. The maximum absolute atomic E-state index is 12.5. The van der Waals surface area contributed by atoms with E-state index in [0.29, 0.717) is 34.6 Å². The fourth-order valence-electron chi connectivity index (χ4n) is 3.61. The van der Waals surface area contributed by atoms with Crippen molar-refractivity contribution in [2.75, 3.05) is 35.3 Å². The number of benzene rings is 2. The van der Waals surface area contributed by atoms with Gasteiger partial charge in [-0.25, -0.2) is 4.98 Å². The van der Waals surface area contributed by atoms with Gasteiger partial charge in [0.25, 0.3) is 0 Å². The van der Waals surface area contributed by atoms with Crippen molar-refractivity contribution in [2.45, 2.75) is 43.9 Å². The van der Waals surface area contributed by atoms with Crippen molar-refractivity contribution in [2.24, 2.45) is 10.4 Å². The molecule has 1 atom stereocenters. The molecule has 0 radical (unpaired) electrons. The summed E-state index contributed by atoms with van der Waals surface area (Å²) in [6, 6.07) is 14.3. The van der Waals surface area contributed by atoms with Crippen molar-refractivity contribution in [3.05, 3.63) is 60.3 Å². The topological polar surface area (TPSA) is 128 Å². The largest absolute Gasteiger partial charge is 0.493 e. The second kappa shape index (κ2) is 13.0. The summed E-state index contributed by atoms with van der Waals surface area (Å²) in [7, 11) is 0. The van der Waals surface area contributed by atoms with E-state index in [1.165, 1.54) is 11.3 Å². The molecular formula is C28H33N5O4S2. The van der Waals surface area contributed by atoms with E-state index in [9.17, 15) is 9.59 Å². The van der Waals surface area contributed by atoms with Gasteiger partial charge in [-0.2, -0.15) is 0 Å². The van der Waals surface area contributed by atoms with Gasteiger partial charge in [-0.3, -0.25) is 14.6 Å². The van der Waals surface area contributed by atoms with Crippen LogP contribution in [0.25, 0.3) is 0 Å². The SMILES string of the molecule is CC(C)(C)C1CN=C(CSc2cnc(NC(=O)Cc3ccc(OCCC(=O)Nc4ccccc4N)cc3)s2)O1. The van der Waals surface area contributed by atoms with Crippen molar-refractivity contribution < 1.29 is 19.1 Å². The quantitative estimate of drug-likeness (QED) is 0.213. The molecule has 2 heterocycles. The third-order valence-corrected chi connectivity index (χ3v) is 7.96. The van der Waals surface area contributed by atoms with E-state index in [2.05, 4.69) is 41.4 Å². The molecule has 4 N–H and O–H groups in total. The van der Waals surface area contributed by atoms with Crippen LogP contribution in [-0.4, -0.2) is 47.7 Å². The highest BCUT2D eigenvalue weighted by atomic mass is 32.2. The fraction of sp³-hybridized carbons (Fsp3) is 0.357. The molecule has 2 aromatic carbocycles. The number of carbonyl (C=O) groups is 2. The number of nitrogens with one attached hydrogen (secondary N) is 2. The van der Waals surface area contributed by atoms with Gasteiger partial charge in [0, 0.05) is 5.41 Å². The minimum atomic E-state index is -0.181.